The van der Waals surface area contributed by atoms with E-state index in [9.17, 15) is 14.4 Å². The van der Waals surface area contributed by atoms with Crippen LogP contribution in [0.2, 0.25) is 0 Å². The third kappa shape index (κ3) is 5.12. The van der Waals surface area contributed by atoms with Gasteiger partial charge >= 0.3 is 6.09 Å². The van der Waals surface area contributed by atoms with Crippen LogP contribution in [-0.2, 0) is 4.74 Å². The minimum atomic E-state index is -0.348. The second kappa shape index (κ2) is 11.2. The third-order valence-corrected chi connectivity index (χ3v) is 7.51. The molecule has 8 nitrogen and oxygen atoms in total. The van der Waals surface area contributed by atoms with Crippen LogP contribution in [0, 0.1) is 0 Å². The molecule has 0 aliphatic carbocycles. The maximum atomic E-state index is 13.6. The van der Waals surface area contributed by atoms with Crippen molar-refractivity contribution in [3.8, 4) is 33.5 Å². The summed E-state index contributed by atoms with van der Waals surface area (Å²) in [4.78, 5) is 48.1. The Hall–Kier alpha value is -5.11. The van der Waals surface area contributed by atoms with Gasteiger partial charge in [-0.1, -0.05) is 54.6 Å². The molecule has 6 rings (SSSR count). The summed E-state index contributed by atoms with van der Waals surface area (Å²) in [6.07, 6.45) is 1.26. The number of aromatic nitrogens is 2. The number of nitrogens with one attached hydrogen (secondary N) is 2. The van der Waals surface area contributed by atoms with E-state index in [-0.39, 0.29) is 17.6 Å². The topological polar surface area (TPSA) is 98.5 Å². The van der Waals surface area contributed by atoms with Gasteiger partial charge in [-0.15, -0.1) is 0 Å². The Morgan fingerprint density at radius 3 is 2.20 bits per heavy atom. The van der Waals surface area contributed by atoms with Crippen LogP contribution in [-0.4, -0.2) is 64.6 Å². The predicted molar refractivity (Wildman–Crippen MR) is 160 cm³/mol. The molecule has 41 heavy (non-hydrogen) atoms. The number of pyridine rings is 1. The number of carbonyl (C=O) groups is 2. The van der Waals surface area contributed by atoms with Gasteiger partial charge in [-0.3, -0.25) is 9.59 Å². The molecule has 2 amide bonds. The van der Waals surface area contributed by atoms with E-state index >= 15 is 0 Å². The molecule has 0 unspecified atom stereocenters. The summed E-state index contributed by atoms with van der Waals surface area (Å²) in [5.74, 6) is -0.0962. The number of hydrogen-bond acceptors (Lipinski definition) is 4. The summed E-state index contributed by atoms with van der Waals surface area (Å²) >= 11 is 0. The maximum Gasteiger partial charge on any atom is 0.409 e. The average molecular weight is 547 g/mol. The highest BCUT2D eigenvalue weighted by Crippen LogP contribution is 2.38. The summed E-state index contributed by atoms with van der Waals surface area (Å²) < 4.78 is 5.10. The minimum absolute atomic E-state index is 0.0962. The van der Waals surface area contributed by atoms with Gasteiger partial charge in [-0.25, -0.2) is 4.79 Å². The maximum absolute atomic E-state index is 13.6. The smallest absolute Gasteiger partial charge is 0.409 e. The average Bonchev–Trinajstić information content (AvgIpc) is 3.40. The molecule has 3 heterocycles. The molecule has 8 heteroatoms. The molecule has 0 atom stereocenters. The summed E-state index contributed by atoms with van der Waals surface area (Å²) in [7, 11) is 0. The molecular weight excluding hydrogens is 516 g/mol. The van der Waals surface area contributed by atoms with Crippen LogP contribution >= 0.6 is 0 Å². The van der Waals surface area contributed by atoms with E-state index in [4.69, 9.17) is 4.74 Å². The van der Waals surface area contributed by atoms with Crippen LogP contribution in [0.5, 0.6) is 0 Å². The van der Waals surface area contributed by atoms with E-state index in [2.05, 4.69) is 46.4 Å². The first kappa shape index (κ1) is 26.1. The van der Waals surface area contributed by atoms with Gasteiger partial charge < -0.3 is 24.5 Å². The van der Waals surface area contributed by atoms with E-state index in [0.717, 1.165) is 33.2 Å². The summed E-state index contributed by atoms with van der Waals surface area (Å²) in [5, 5.41) is 0.853. The highest BCUT2D eigenvalue weighted by molar-refractivity contribution is 6.07. The molecule has 1 aliphatic rings. The Labute approximate surface area is 237 Å². The second-order valence-electron chi connectivity index (χ2n) is 9.97. The second-order valence-corrected chi connectivity index (χ2v) is 9.97. The number of H-pyrrole nitrogens is 2. The molecule has 0 radical (unpaired) electrons. The first-order chi connectivity index (χ1) is 20.0. The van der Waals surface area contributed by atoms with E-state index in [1.807, 2.05) is 30.3 Å². The summed E-state index contributed by atoms with van der Waals surface area (Å²) in [5.41, 5.74) is 6.40. The van der Waals surface area contributed by atoms with Crippen molar-refractivity contribution in [2.75, 3.05) is 32.8 Å². The molecule has 0 bridgehead atoms. The Kier molecular flexibility index (Phi) is 7.12. The molecule has 206 valence electrons. The molecule has 1 saturated heterocycles. The normalized spacial score (nSPS) is 13.4. The lowest BCUT2D eigenvalue weighted by atomic mass is 9.95. The van der Waals surface area contributed by atoms with Crippen LogP contribution in [0.4, 0.5) is 4.79 Å². The number of carbonyl (C=O) groups excluding carboxylic acids is 2. The van der Waals surface area contributed by atoms with Crippen molar-refractivity contribution in [1.82, 2.24) is 19.8 Å². The van der Waals surface area contributed by atoms with Gasteiger partial charge in [0.2, 0.25) is 0 Å². The van der Waals surface area contributed by atoms with Crippen molar-refractivity contribution in [2.45, 2.75) is 6.92 Å². The summed E-state index contributed by atoms with van der Waals surface area (Å²) in [6.45, 7) is 3.82. The highest BCUT2D eigenvalue weighted by atomic mass is 16.6. The molecule has 5 aromatic rings. The van der Waals surface area contributed by atoms with Crippen molar-refractivity contribution in [3.05, 3.63) is 107 Å². The van der Waals surface area contributed by atoms with Gasteiger partial charge in [-0.2, -0.15) is 0 Å². The van der Waals surface area contributed by atoms with Gasteiger partial charge in [-0.05, 0) is 53.9 Å². The molecule has 2 N–H and O–H groups in total. The Morgan fingerprint density at radius 1 is 0.805 bits per heavy atom. The Morgan fingerprint density at radius 2 is 1.49 bits per heavy atom. The zero-order valence-corrected chi connectivity index (χ0v) is 22.7. The molecule has 1 fully saturated rings. The van der Waals surface area contributed by atoms with Gasteiger partial charge in [0, 0.05) is 54.4 Å². The van der Waals surface area contributed by atoms with Gasteiger partial charge in [0.25, 0.3) is 11.5 Å². The first-order valence-electron chi connectivity index (χ1n) is 13.7. The minimum Gasteiger partial charge on any atom is -0.450 e. The van der Waals surface area contributed by atoms with Crippen molar-refractivity contribution in [1.29, 1.82) is 0 Å². The quantitative estimate of drug-likeness (QED) is 0.292. The van der Waals surface area contributed by atoms with Crippen molar-refractivity contribution in [3.63, 3.8) is 0 Å². The zero-order chi connectivity index (χ0) is 28.3. The number of ether oxygens (including phenoxy) is 1. The first-order valence-corrected chi connectivity index (χ1v) is 13.7. The standard InChI is InChI=1S/C33H30N4O4/c1-2-41-33(40)37-19-17-36(18-20-37)32(39)25-14-15-28-27(21-25)29(30(35-28)26-9-6-16-34-31(26)38)24-12-10-23(11-13-24)22-7-4-3-5-8-22/h3-16,21,35H,2,17-20H2,1H3,(H,34,38). The van der Waals surface area contributed by atoms with Gasteiger partial charge in [0.05, 0.1) is 17.9 Å². The number of rotatable bonds is 5. The summed E-state index contributed by atoms with van der Waals surface area (Å²) in [6, 6.07) is 27.6. The van der Waals surface area contributed by atoms with Gasteiger partial charge in [0.15, 0.2) is 0 Å². The van der Waals surface area contributed by atoms with Crippen LogP contribution in [0.1, 0.15) is 17.3 Å². The predicted octanol–water partition coefficient (Wildman–Crippen LogP) is 5.77. The molecule has 0 saturated carbocycles. The van der Waals surface area contributed by atoms with Crippen LogP contribution in [0.15, 0.2) is 95.9 Å². The lowest BCUT2D eigenvalue weighted by Crippen LogP contribution is -2.50. The highest BCUT2D eigenvalue weighted by Gasteiger charge is 2.26. The number of piperazine rings is 1. The van der Waals surface area contributed by atoms with Crippen LogP contribution in [0.3, 0.4) is 0 Å². The molecule has 2 aromatic heterocycles. The monoisotopic (exact) mass is 546 g/mol. The number of benzene rings is 3. The number of nitrogens with zero attached hydrogens (tertiary/aromatic N) is 2. The van der Waals surface area contributed by atoms with E-state index in [0.29, 0.717) is 49.6 Å². The van der Waals surface area contributed by atoms with Gasteiger partial charge in [0.1, 0.15) is 0 Å². The third-order valence-electron chi connectivity index (χ3n) is 7.51. The van der Waals surface area contributed by atoms with Crippen molar-refractivity contribution in [2.24, 2.45) is 0 Å². The van der Waals surface area contributed by atoms with Crippen LogP contribution in [0.25, 0.3) is 44.4 Å². The van der Waals surface area contributed by atoms with Crippen molar-refractivity contribution >= 4 is 22.9 Å². The number of aromatic amines is 2. The molecular formula is C33H30N4O4. The van der Waals surface area contributed by atoms with Crippen molar-refractivity contribution < 1.29 is 14.3 Å². The van der Waals surface area contributed by atoms with E-state index in [1.165, 1.54) is 0 Å². The molecule has 0 spiro atoms. The molecule has 3 aromatic carbocycles. The van der Waals surface area contributed by atoms with E-state index < -0.39 is 0 Å². The molecule has 1 aliphatic heterocycles. The van der Waals surface area contributed by atoms with Crippen LogP contribution < -0.4 is 5.56 Å². The number of amides is 2. The lowest BCUT2D eigenvalue weighted by Gasteiger charge is -2.34. The number of hydrogen-bond donors (Lipinski definition) is 2. The van der Waals surface area contributed by atoms with E-state index in [1.54, 1.807) is 41.1 Å². The number of fused-ring (bicyclic) bond motifs is 1. The lowest BCUT2D eigenvalue weighted by molar-refractivity contribution is 0.0570. The zero-order valence-electron chi connectivity index (χ0n) is 22.7. The SMILES string of the molecule is CCOC(=O)N1CCN(C(=O)c2ccc3[nH]c(-c4ccc[nH]c4=O)c(-c4ccc(-c5ccccc5)cc4)c3c2)CC1. The fraction of sp³-hybridized carbons (Fsp3) is 0.182. The fourth-order valence-electron chi connectivity index (χ4n) is 5.39. The Balaban J connectivity index is 1.38. The fourth-order valence-corrected chi connectivity index (χ4v) is 5.39. The Bertz CT molecular complexity index is 1770. The largest absolute Gasteiger partial charge is 0.450 e.